The number of alkyl halides is 5. The lowest BCUT2D eigenvalue weighted by molar-refractivity contribution is -0.137. The van der Waals surface area contributed by atoms with Crippen LogP contribution in [0, 0.1) is 0 Å². The van der Waals surface area contributed by atoms with Crippen LogP contribution in [0.5, 0.6) is 0 Å². The number of hydrogen-bond donors (Lipinski definition) is 0. The van der Waals surface area contributed by atoms with E-state index in [1.54, 1.807) is 0 Å². The van der Waals surface area contributed by atoms with Crippen LogP contribution in [0.4, 0.5) is 22.0 Å². The lowest BCUT2D eigenvalue weighted by Crippen LogP contribution is -2.42. The molecule has 1 atom stereocenters. The molecule has 4 heterocycles. The van der Waals surface area contributed by atoms with Crippen molar-refractivity contribution in [3.05, 3.63) is 44.9 Å². The molecule has 1 saturated heterocycles. The van der Waals surface area contributed by atoms with Crippen LogP contribution in [0.1, 0.15) is 42.4 Å². The first-order valence-corrected chi connectivity index (χ1v) is 9.91. The second kappa shape index (κ2) is 7.57. The summed E-state index contributed by atoms with van der Waals surface area (Å²) in [4.78, 5) is 30.6. The third-order valence-electron chi connectivity index (χ3n) is 5.46. The molecule has 2 aliphatic heterocycles. The molecule has 0 aromatic carbocycles. The number of pyridine rings is 1. The van der Waals surface area contributed by atoms with E-state index < -0.39 is 59.8 Å². The van der Waals surface area contributed by atoms with Gasteiger partial charge in [0.25, 0.3) is 5.92 Å². The molecule has 168 valence electrons. The Morgan fingerprint density at radius 1 is 1.32 bits per heavy atom. The van der Waals surface area contributed by atoms with Crippen molar-refractivity contribution in [2.75, 3.05) is 13.1 Å². The van der Waals surface area contributed by atoms with Gasteiger partial charge >= 0.3 is 11.9 Å². The Balaban J connectivity index is 1.64. The minimum atomic E-state index is -4.69. The summed E-state index contributed by atoms with van der Waals surface area (Å²) in [6.07, 6.45) is -3.03. The molecular weight excluding hydrogens is 449 g/mol. The highest BCUT2D eigenvalue weighted by Crippen LogP contribution is 2.36. The topological polar surface area (TPSA) is 73.0 Å². The molecule has 0 radical (unpaired) electrons. The second-order valence-corrected chi connectivity index (χ2v) is 8.00. The molecule has 0 aliphatic carbocycles. The van der Waals surface area contributed by atoms with Gasteiger partial charge in [-0.25, -0.2) is 18.3 Å². The minimum absolute atomic E-state index is 0.107. The summed E-state index contributed by atoms with van der Waals surface area (Å²) in [5.41, 5.74) is -2.01. The number of aryl methyl sites for hydroxylation is 1. The Kier molecular flexibility index (Phi) is 5.31. The fourth-order valence-electron chi connectivity index (χ4n) is 3.96. The van der Waals surface area contributed by atoms with E-state index in [9.17, 15) is 31.5 Å². The fraction of sp³-hybridized carbons (Fsp3) is 0.556. The summed E-state index contributed by atoms with van der Waals surface area (Å²) < 4.78 is 68.3. The molecule has 7 nitrogen and oxygen atoms in total. The monoisotopic (exact) mass is 465 g/mol. The Morgan fingerprint density at radius 2 is 2.06 bits per heavy atom. The Hall–Kier alpha value is -2.50. The Morgan fingerprint density at radius 3 is 2.71 bits per heavy atom. The van der Waals surface area contributed by atoms with Crippen molar-refractivity contribution >= 4 is 17.5 Å². The third-order valence-corrected chi connectivity index (χ3v) is 5.89. The second-order valence-electron chi connectivity index (χ2n) is 7.62. The minimum Gasteiger partial charge on any atom is -0.335 e. The quantitative estimate of drug-likeness (QED) is 0.653. The SMILES string of the molecule is O=C(C1CCCc2nn(Cc3nccc(C(F)(F)F)c3Cl)c(=O)n21)N1CCC(F)(F)C1. The maximum Gasteiger partial charge on any atom is 0.417 e. The van der Waals surface area contributed by atoms with E-state index in [2.05, 4.69) is 10.1 Å². The molecule has 31 heavy (non-hydrogen) atoms. The fourth-order valence-corrected chi connectivity index (χ4v) is 4.24. The summed E-state index contributed by atoms with van der Waals surface area (Å²) in [6, 6.07) is -0.253. The number of nitrogens with zero attached hydrogens (tertiary/aromatic N) is 5. The number of carbonyl (C=O) groups is 1. The van der Waals surface area contributed by atoms with Gasteiger partial charge in [-0.3, -0.25) is 14.3 Å². The van der Waals surface area contributed by atoms with Crippen LogP contribution < -0.4 is 5.69 Å². The van der Waals surface area contributed by atoms with Gasteiger partial charge in [-0.2, -0.15) is 18.3 Å². The van der Waals surface area contributed by atoms with E-state index in [4.69, 9.17) is 11.6 Å². The van der Waals surface area contributed by atoms with E-state index in [-0.39, 0.29) is 24.5 Å². The van der Waals surface area contributed by atoms with Gasteiger partial charge in [0.1, 0.15) is 11.9 Å². The summed E-state index contributed by atoms with van der Waals surface area (Å²) in [6.45, 7) is -1.24. The molecule has 0 saturated carbocycles. The van der Waals surface area contributed by atoms with Gasteiger partial charge in [-0.05, 0) is 18.9 Å². The van der Waals surface area contributed by atoms with Crippen molar-refractivity contribution in [3.8, 4) is 0 Å². The van der Waals surface area contributed by atoms with E-state index in [0.717, 1.165) is 26.4 Å². The average Bonchev–Trinajstić information content (AvgIpc) is 3.21. The molecule has 0 bridgehead atoms. The lowest BCUT2D eigenvalue weighted by atomic mass is 10.0. The first kappa shape index (κ1) is 21.7. The normalized spacial score (nSPS) is 20.7. The summed E-state index contributed by atoms with van der Waals surface area (Å²) >= 11 is 5.85. The number of carbonyl (C=O) groups excluding carboxylic acids is 1. The molecular formula is C18H17ClF5N5O2. The molecule has 0 spiro atoms. The van der Waals surface area contributed by atoms with Gasteiger partial charge in [-0.1, -0.05) is 11.6 Å². The standard InChI is InChI=1S/C18H17ClF5N5O2/c19-14-10(18(22,23)24)4-6-25-11(14)8-28-16(31)29-12(2-1-3-13(29)26-28)15(30)27-7-5-17(20,21)9-27/h4,6,12H,1-3,5,7-9H2. The smallest absolute Gasteiger partial charge is 0.335 e. The highest BCUT2D eigenvalue weighted by molar-refractivity contribution is 6.32. The number of fused-ring (bicyclic) bond motifs is 1. The molecule has 0 N–H and O–H groups in total. The van der Waals surface area contributed by atoms with E-state index >= 15 is 0 Å². The Labute approximate surface area is 177 Å². The third kappa shape index (κ3) is 4.04. The van der Waals surface area contributed by atoms with E-state index in [1.165, 1.54) is 0 Å². The molecule has 1 amide bonds. The van der Waals surface area contributed by atoms with E-state index in [1.807, 2.05) is 0 Å². The van der Waals surface area contributed by atoms with Crippen molar-refractivity contribution in [2.24, 2.45) is 0 Å². The molecule has 13 heteroatoms. The van der Waals surface area contributed by atoms with Gasteiger partial charge < -0.3 is 4.90 Å². The van der Waals surface area contributed by atoms with Gasteiger partial charge in [0.2, 0.25) is 5.91 Å². The largest absolute Gasteiger partial charge is 0.417 e. The maximum absolute atomic E-state index is 13.5. The van der Waals surface area contributed by atoms with Crippen LogP contribution in [0.15, 0.2) is 17.1 Å². The summed E-state index contributed by atoms with van der Waals surface area (Å²) in [5, 5.41) is 3.50. The van der Waals surface area contributed by atoms with Gasteiger partial charge in [-0.15, -0.1) is 0 Å². The number of likely N-dealkylation sites (tertiary alicyclic amines) is 1. The van der Waals surface area contributed by atoms with Gasteiger partial charge in [0, 0.05) is 25.6 Å². The zero-order valence-corrected chi connectivity index (χ0v) is 16.8. The number of hydrogen-bond acceptors (Lipinski definition) is 4. The summed E-state index contributed by atoms with van der Waals surface area (Å²) in [5.74, 6) is -3.28. The number of aromatic nitrogens is 4. The van der Waals surface area contributed by atoms with Crippen molar-refractivity contribution in [2.45, 2.75) is 50.4 Å². The van der Waals surface area contributed by atoms with Crippen molar-refractivity contribution in [1.29, 1.82) is 0 Å². The Bertz CT molecular complexity index is 1080. The number of amides is 1. The van der Waals surface area contributed by atoms with Crippen LogP contribution in [0.2, 0.25) is 5.02 Å². The van der Waals surface area contributed by atoms with Crippen LogP contribution in [-0.4, -0.2) is 49.2 Å². The molecule has 1 unspecified atom stereocenters. The molecule has 1 fully saturated rings. The van der Waals surface area contributed by atoms with Crippen molar-refractivity contribution in [1.82, 2.24) is 24.2 Å². The summed E-state index contributed by atoms with van der Waals surface area (Å²) in [7, 11) is 0. The van der Waals surface area contributed by atoms with Crippen molar-refractivity contribution in [3.63, 3.8) is 0 Å². The first-order valence-electron chi connectivity index (χ1n) is 9.53. The maximum atomic E-state index is 13.5. The first-order chi connectivity index (χ1) is 14.5. The molecule has 4 rings (SSSR count). The number of rotatable bonds is 3. The highest BCUT2D eigenvalue weighted by atomic mass is 35.5. The predicted molar refractivity (Wildman–Crippen MR) is 98.0 cm³/mol. The van der Waals surface area contributed by atoms with Crippen molar-refractivity contribution < 1.29 is 26.7 Å². The zero-order valence-electron chi connectivity index (χ0n) is 16.0. The number of halogens is 6. The molecule has 2 aliphatic rings. The highest BCUT2D eigenvalue weighted by Gasteiger charge is 2.43. The van der Waals surface area contributed by atoms with Gasteiger partial charge in [0.15, 0.2) is 0 Å². The lowest BCUT2D eigenvalue weighted by Gasteiger charge is -2.27. The van der Waals surface area contributed by atoms with E-state index in [0.29, 0.717) is 12.8 Å². The average molecular weight is 466 g/mol. The zero-order chi connectivity index (χ0) is 22.6. The van der Waals surface area contributed by atoms with Crippen LogP contribution >= 0.6 is 11.6 Å². The van der Waals surface area contributed by atoms with Crippen LogP contribution in [-0.2, 0) is 23.9 Å². The predicted octanol–water partition coefficient (Wildman–Crippen LogP) is 2.91. The van der Waals surface area contributed by atoms with Crippen LogP contribution in [0.3, 0.4) is 0 Å². The molecule has 2 aromatic rings. The van der Waals surface area contributed by atoms with Gasteiger partial charge in [0.05, 0.1) is 29.4 Å². The van der Waals surface area contributed by atoms with Crippen LogP contribution in [0.25, 0.3) is 0 Å². The molecule has 2 aromatic heterocycles.